The van der Waals surface area contributed by atoms with Crippen LogP contribution in [0.4, 0.5) is 5.82 Å². The summed E-state index contributed by atoms with van der Waals surface area (Å²) in [4.78, 5) is 9.90. The fourth-order valence-electron chi connectivity index (χ4n) is 5.95. The minimum atomic E-state index is -3.56. The molecule has 3 aromatic heterocycles. The number of fused-ring (bicyclic) bond motifs is 3. The van der Waals surface area contributed by atoms with Gasteiger partial charge >= 0.3 is 0 Å². The third kappa shape index (κ3) is 3.52. The molecule has 36 heavy (non-hydrogen) atoms. The Bertz CT molecular complexity index is 1550. The van der Waals surface area contributed by atoms with Crippen molar-refractivity contribution in [3.63, 3.8) is 0 Å². The number of piperidine rings is 1. The number of aromatic nitrogens is 4. The third-order valence-electron chi connectivity index (χ3n) is 7.92. The second kappa shape index (κ2) is 8.11. The van der Waals surface area contributed by atoms with Crippen LogP contribution in [0.25, 0.3) is 28.0 Å². The van der Waals surface area contributed by atoms with Gasteiger partial charge in [0.05, 0.1) is 22.8 Å². The summed E-state index contributed by atoms with van der Waals surface area (Å²) in [7, 11) is -3.56. The Morgan fingerprint density at radius 3 is 2.33 bits per heavy atom. The van der Waals surface area contributed by atoms with Crippen molar-refractivity contribution >= 4 is 21.3 Å². The van der Waals surface area contributed by atoms with Crippen LogP contribution in [0.15, 0.2) is 59.8 Å². The Kier molecular flexibility index (Phi) is 4.94. The maximum absolute atomic E-state index is 13.6. The second-order valence-corrected chi connectivity index (χ2v) is 12.5. The van der Waals surface area contributed by atoms with Gasteiger partial charge < -0.3 is 11.1 Å². The van der Waals surface area contributed by atoms with Crippen molar-refractivity contribution in [3.05, 3.63) is 60.6 Å². The molecular formula is C27H28N6O2S. The Morgan fingerprint density at radius 1 is 0.917 bits per heavy atom. The van der Waals surface area contributed by atoms with Crippen LogP contribution in [-0.2, 0) is 9.84 Å². The molecule has 5 heterocycles. The van der Waals surface area contributed by atoms with E-state index in [2.05, 4.69) is 15.4 Å². The minimum Gasteiger partial charge on any atom is -0.382 e. The molecule has 0 spiro atoms. The maximum Gasteiger partial charge on any atom is 0.186 e. The van der Waals surface area contributed by atoms with Gasteiger partial charge in [-0.3, -0.25) is 4.98 Å². The average molecular weight is 501 g/mol. The van der Waals surface area contributed by atoms with E-state index in [9.17, 15) is 8.42 Å². The van der Waals surface area contributed by atoms with E-state index in [-0.39, 0.29) is 21.9 Å². The highest BCUT2D eigenvalue weighted by Crippen LogP contribution is 2.44. The molecule has 3 fully saturated rings. The van der Waals surface area contributed by atoms with Crippen molar-refractivity contribution in [2.45, 2.75) is 66.7 Å². The van der Waals surface area contributed by atoms with Crippen LogP contribution in [-0.4, -0.2) is 45.3 Å². The van der Waals surface area contributed by atoms with Gasteiger partial charge in [-0.15, -0.1) is 0 Å². The zero-order valence-electron chi connectivity index (χ0n) is 19.8. The highest BCUT2D eigenvalue weighted by molar-refractivity contribution is 7.92. The zero-order chi connectivity index (χ0) is 24.4. The van der Waals surface area contributed by atoms with Gasteiger partial charge in [0.15, 0.2) is 15.5 Å². The standard InChI is InChI=1S/C27H28N6O2S/c28-26-25(36(34,35)21-9-10-21)24(18-12-19-7-8-20(13-18)31-19)32-27-22(15-30-33(26)27)17-6-11-23(29-14-17)16-4-2-1-3-5-16/h1-6,11,14-15,18-21,31H,7-10,12-13,28H2/t18-,19-,20+. The number of nitrogens with two attached hydrogens (primary N) is 1. The summed E-state index contributed by atoms with van der Waals surface area (Å²) < 4.78 is 28.6. The molecule has 1 saturated carbocycles. The van der Waals surface area contributed by atoms with Crippen molar-refractivity contribution in [1.29, 1.82) is 0 Å². The molecule has 8 nitrogen and oxygen atoms in total. The number of hydrogen-bond donors (Lipinski definition) is 2. The monoisotopic (exact) mass is 500 g/mol. The molecular weight excluding hydrogens is 472 g/mol. The molecule has 3 aliphatic rings. The number of benzene rings is 1. The molecule has 2 aliphatic heterocycles. The molecule has 3 N–H and O–H groups in total. The van der Waals surface area contributed by atoms with Gasteiger partial charge in [-0.05, 0) is 44.6 Å². The Labute approximate surface area is 209 Å². The number of rotatable bonds is 5. The summed E-state index contributed by atoms with van der Waals surface area (Å²) in [6, 6.07) is 14.8. The van der Waals surface area contributed by atoms with Crippen LogP contribution in [0.1, 0.15) is 50.1 Å². The summed E-state index contributed by atoms with van der Waals surface area (Å²) in [5, 5.41) is 7.77. The zero-order valence-corrected chi connectivity index (χ0v) is 20.7. The van der Waals surface area contributed by atoms with Gasteiger partial charge in [0.1, 0.15) is 10.7 Å². The SMILES string of the molecule is Nc1c(S(=O)(=O)C2CC2)c([C@@H]2C[C@H]3CC[C@@H](C2)N3)nc2c(-c3ccc(-c4ccccc4)nc3)cnn12. The van der Waals surface area contributed by atoms with Crippen molar-refractivity contribution < 1.29 is 8.42 Å². The summed E-state index contributed by atoms with van der Waals surface area (Å²) in [5.74, 6) is 0.230. The number of sulfone groups is 1. The predicted octanol–water partition coefficient (Wildman–Crippen LogP) is 3.97. The normalized spacial score (nSPS) is 23.8. The predicted molar refractivity (Wildman–Crippen MR) is 138 cm³/mol. The van der Waals surface area contributed by atoms with Gasteiger partial charge in [-0.25, -0.2) is 13.4 Å². The van der Waals surface area contributed by atoms with Gasteiger partial charge in [-0.2, -0.15) is 9.61 Å². The molecule has 0 radical (unpaired) electrons. The second-order valence-electron chi connectivity index (χ2n) is 10.4. The largest absolute Gasteiger partial charge is 0.382 e. The van der Waals surface area contributed by atoms with Crippen molar-refractivity contribution in [2.24, 2.45) is 0 Å². The van der Waals surface area contributed by atoms with Crippen LogP contribution < -0.4 is 11.1 Å². The molecule has 1 aromatic carbocycles. The fraction of sp³-hybridized carbons (Fsp3) is 0.370. The first-order valence-corrected chi connectivity index (χ1v) is 14.2. The Balaban J connectivity index is 1.37. The molecule has 7 rings (SSSR count). The quantitative estimate of drug-likeness (QED) is 0.426. The topological polar surface area (TPSA) is 115 Å². The lowest BCUT2D eigenvalue weighted by Crippen LogP contribution is -2.38. The van der Waals surface area contributed by atoms with E-state index in [1.807, 2.05) is 48.7 Å². The first kappa shape index (κ1) is 21.9. The first-order valence-electron chi connectivity index (χ1n) is 12.7. The highest BCUT2D eigenvalue weighted by atomic mass is 32.2. The van der Waals surface area contributed by atoms with E-state index in [1.54, 1.807) is 6.20 Å². The van der Waals surface area contributed by atoms with Crippen molar-refractivity contribution in [2.75, 3.05) is 5.73 Å². The molecule has 2 bridgehead atoms. The summed E-state index contributed by atoms with van der Waals surface area (Å²) in [6.45, 7) is 0. The van der Waals surface area contributed by atoms with Gasteiger partial charge in [0.2, 0.25) is 0 Å². The summed E-state index contributed by atoms with van der Waals surface area (Å²) in [6.07, 6.45) is 8.90. The van der Waals surface area contributed by atoms with Crippen LogP contribution in [0, 0.1) is 0 Å². The highest BCUT2D eigenvalue weighted by Gasteiger charge is 2.44. The third-order valence-corrected chi connectivity index (χ3v) is 10.3. The van der Waals surface area contributed by atoms with Crippen LogP contribution in [0.5, 0.6) is 0 Å². The Hall–Kier alpha value is -3.30. The smallest absolute Gasteiger partial charge is 0.186 e. The molecule has 0 amide bonds. The summed E-state index contributed by atoms with van der Waals surface area (Å²) >= 11 is 0. The lowest BCUT2D eigenvalue weighted by Gasteiger charge is -2.30. The van der Waals surface area contributed by atoms with E-state index in [1.165, 1.54) is 4.52 Å². The molecule has 0 unspecified atom stereocenters. The summed E-state index contributed by atoms with van der Waals surface area (Å²) in [5.41, 5.74) is 11.4. The minimum absolute atomic E-state index is 0.0564. The number of nitrogens with zero attached hydrogens (tertiary/aromatic N) is 4. The number of hydrogen-bond acceptors (Lipinski definition) is 7. The van der Waals surface area contributed by atoms with Crippen molar-refractivity contribution in [3.8, 4) is 22.4 Å². The number of nitrogen functional groups attached to an aromatic ring is 1. The van der Waals surface area contributed by atoms with Crippen molar-refractivity contribution in [1.82, 2.24) is 24.9 Å². The fourth-order valence-corrected chi connectivity index (χ4v) is 7.92. The molecule has 1 aliphatic carbocycles. The average Bonchev–Trinajstić information content (AvgIpc) is 3.60. The molecule has 9 heteroatoms. The van der Waals surface area contributed by atoms with E-state index >= 15 is 0 Å². The molecule has 4 aromatic rings. The number of nitrogens with one attached hydrogen (secondary N) is 1. The lowest BCUT2D eigenvalue weighted by molar-refractivity contribution is 0.355. The number of pyridine rings is 1. The van der Waals surface area contributed by atoms with Gasteiger partial charge in [0.25, 0.3) is 0 Å². The van der Waals surface area contributed by atoms with Gasteiger partial charge in [-0.1, -0.05) is 36.4 Å². The number of anilines is 1. The van der Waals surface area contributed by atoms with Crippen LogP contribution in [0.3, 0.4) is 0 Å². The van der Waals surface area contributed by atoms with Crippen LogP contribution in [0.2, 0.25) is 0 Å². The van der Waals surface area contributed by atoms with E-state index in [4.69, 9.17) is 10.7 Å². The van der Waals surface area contributed by atoms with E-state index in [0.717, 1.165) is 48.1 Å². The lowest BCUT2D eigenvalue weighted by atomic mass is 9.89. The van der Waals surface area contributed by atoms with E-state index in [0.29, 0.717) is 36.3 Å². The molecule has 184 valence electrons. The van der Waals surface area contributed by atoms with E-state index < -0.39 is 9.84 Å². The first-order chi connectivity index (χ1) is 17.5. The Morgan fingerprint density at radius 2 is 1.67 bits per heavy atom. The molecule has 3 atom stereocenters. The molecule has 2 saturated heterocycles. The maximum atomic E-state index is 13.6. The van der Waals surface area contributed by atoms with Crippen LogP contribution >= 0.6 is 0 Å². The van der Waals surface area contributed by atoms with Gasteiger partial charge in [0, 0.05) is 40.9 Å².